The van der Waals surface area contributed by atoms with Crippen molar-refractivity contribution in [3.05, 3.63) is 56.5 Å². The molecule has 1 saturated heterocycles. The number of carbonyl (C=O) groups is 1. The van der Waals surface area contributed by atoms with E-state index in [1.807, 2.05) is 39.8 Å². The number of anilines is 1. The molecule has 3 aromatic rings. The van der Waals surface area contributed by atoms with Crippen molar-refractivity contribution < 1.29 is 14.3 Å². The number of carboxylic acid groups (broad SMARTS) is 1. The number of fused-ring (bicyclic) bond motifs is 1. The lowest BCUT2D eigenvalue weighted by molar-refractivity contribution is 0.142. The third kappa shape index (κ3) is 4.24. The molecule has 0 aromatic carbocycles. The summed E-state index contributed by atoms with van der Waals surface area (Å²) in [6.45, 7) is 8.67. The van der Waals surface area contributed by atoms with Crippen molar-refractivity contribution >= 4 is 34.4 Å². The van der Waals surface area contributed by atoms with Crippen LogP contribution in [0.2, 0.25) is 5.15 Å². The molecular formula is C25H26ClFN6O3. The Morgan fingerprint density at radius 2 is 1.83 bits per heavy atom. The molecule has 0 spiro atoms. The molecule has 1 fully saturated rings. The number of halogens is 2. The summed E-state index contributed by atoms with van der Waals surface area (Å²) < 4.78 is 16.1. The molecule has 0 saturated carbocycles. The second-order valence-electron chi connectivity index (χ2n) is 9.31. The maximum absolute atomic E-state index is 14.8. The molecule has 11 heteroatoms. The Balaban J connectivity index is 2.11. The fourth-order valence-corrected chi connectivity index (χ4v) is 4.76. The Kier molecular flexibility index (Phi) is 6.87. The lowest BCUT2D eigenvalue weighted by Crippen LogP contribution is -2.49. The fraction of sp³-hybridized carbons (Fsp3) is 0.400. The van der Waals surface area contributed by atoms with Gasteiger partial charge in [-0.2, -0.15) is 5.26 Å². The van der Waals surface area contributed by atoms with Crippen molar-refractivity contribution in [2.24, 2.45) is 0 Å². The van der Waals surface area contributed by atoms with Gasteiger partial charge in [0, 0.05) is 37.8 Å². The highest BCUT2D eigenvalue weighted by Gasteiger charge is 2.30. The molecule has 188 valence electrons. The van der Waals surface area contributed by atoms with Crippen LogP contribution in [0.25, 0.3) is 16.7 Å². The predicted molar refractivity (Wildman–Crippen MR) is 135 cm³/mol. The minimum atomic E-state index is -1.05. The van der Waals surface area contributed by atoms with E-state index in [9.17, 15) is 24.3 Å². The Morgan fingerprint density at radius 3 is 2.39 bits per heavy atom. The smallest absolute Gasteiger partial charge is 0.407 e. The zero-order valence-electron chi connectivity index (χ0n) is 20.4. The summed E-state index contributed by atoms with van der Waals surface area (Å²) in [7, 11) is 0. The van der Waals surface area contributed by atoms with Crippen molar-refractivity contribution in [3.63, 3.8) is 0 Å². The molecule has 0 aliphatic carbocycles. The minimum Gasteiger partial charge on any atom is -0.465 e. The molecule has 1 aliphatic rings. The largest absolute Gasteiger partial charge is 0.465 e. The predicted octanol–water partition coefficient (Wildman–Crippen LogP) is 4.49. The lowest BCUT2D eigenvalue weighted by atomic mass is 9.96. The maximum atomic E-state index is 14.8. The van der Waals surface area contributed by atoms with Crippen LogP contribution < -0.4 is 10.5 Å². The lowest BCUT2D eigenvalue weighted by Gasteiger charge is -2.35. The van der Waals surface area contributed by atoms with E-state index in [2.05, 4.69) is 9.97 Å². The summed E-state index contributed by atoms with van der Waals surface area (Å²) in [6.07, 6.45) is 0.636. The molecule has 9 nitrogen and oxygen atoms in total. The van der Waals surface area contributed by atoms with Crippen LogP contribution >= 0.6 is 11.6 Å². The molecule has 1 N–H and O–H groups in total. The van der Waals surface area contributed by atoms with E-state index < -0.39 is 22.6 Å². The van der Waals surface area contributed by atoms with Crippen molar-refractivity contribution in [2.75, 3.05) is 31.1 Å². The van der Waals surface area contributed by atoms with Gasteiger partial charge in [-0.25, -0.2) is 14.2 Å². The average molecular weight is 513 g/mol. The van der Waals surface area contributed by atoms with Gasteiger partial charge in [0.25, 0.3) is 5.56 Å². The fourth-order valence-electron chi connectivity index (χ4n) is 4.62. The molecule has 4 rings (SSSR count). The van der Waals surface area contributed by atoms with Gasteiger partial charge in [0.15, 0.2) is 16.6 Å². The quantitative estimate of drug-likeness (QED) is 0.512. The van der Waals surface area contributed by atoms with Crippen LogP contribution in [0.5, 0.6) is 0 Å². The molecule has 0 radical (unpaired) electrons. The van der Waals surface area contributed by atoms with Gasteiger partial charge < -0.3 is 14.9 Å². The van der Waals surface area contributed by atoms with Crippen LogP contribution in [0.3, 0.4) is 0 Å². The van der Waals surface area contributed by atoms with Gasteiger partial charge >= 0.3 is 6.09 Å². The summed E-state index contributed by atoms with van der Waals surface area (Å²) in [5, 5.41) is 19.3. The number of pyridine rings is 3. The van der Waals surface area contributed by atoms with E-state index in [-0.39, 0.29) is 60.3 Å². The monoisotopic (exact) mass is 512 g/mol. The third-order valence-corrected chi connectivity index (χ3v) is 6.65. The van der Waals surface area contributed by atoms with Crippen LogP contribution in [-0.2, 0) is 0 Å². The summed E-state index contributed by atoms with van der Waals surface area (Å²) >= 11 is 6.10. The molecule has 1 amide bonds. The van der Waals surface area contributed by atoms with Crippen molar-refractivity contribution in [1.29, 1.82) is 5.26 Å². The van der Waals surface area contributed by atoms with Crippen molar-refractivity contribution in [3.8, 4) is 11.8 Å². The normalized spacial score (nSPS) is 14.1. The van der Waals surface area contributed by atoms with Gasteiger partial charge in [-0.3, -0.25) is 14.3 Å². The van der Waals surface area contributed by atoms with Gasteiger partial charge in [-0.1, -0.05) is 39.3 Å². The van der Waals surface area contributed by atoms with Crippen molar-refractivity contribution in [1.82, 2.24) is 19.4 Å². The summed E-state index contributed by atoms with van der Waals surface area (Å²) in [5.41, 5.74) is 1.51. The second kappa shape index (κ2) is 9.74. The molecular weight excluding hydrogens is 487 g/mol. The van der Waals surface area contributed by atoms with Crippen LogP contribution in [0, 0.1) is 17.1 Å². The van der Waals surface area contributed by atoms with E-state index in [1.165, 1.54) is 15.5 Å². The summed E-state index contributed by atoms with van der Waals surface area (Å²) in [4.78, 5) is 37.2. The van der Waals surface area contributed by atoms with Gasteiger partial charge in [-0.05, 0) is 29.5 Å². The molecule has 1 aliphatic heterocycles. The van der Waals surface area contributed by atoms with Crippen LogP contribution in [0.4, 0.5) is 14.9 Å². The van der Waals surface area contributed by atoms with Crippen LogP contribution in [-0.4, -0.2) is 56.8 Å². The van der Waals surface area contributed by atoms with Gasteiger partial charge in [-0.15, -0.1) is 0 Å². The highest BCUT2D eigenvalue weighted by molar-refractivity contribution is 6.30. The summed E-state index contributed by atoms with van der Waals surface area (Å²) in [6, 6.07) is 5.02. The Hall–Kier alpha value is -3.71. The van der Waals surface area contributed by atoms with Crippen LogP contribution in [0.15, 0.2) is 23.1 Å². The number of hydrogen-bond acceptors (Lipinski definition) is 6. The first kappa shape index (κ1) is 25.4. The molecule has 0 atom stereocenters. The molecule has 3 aromatic heterocycles. The number of aromatic nitrogens is 3. The summed E-state index contributed by atoms with van der Waals surface area (Å²) in [5.74, 6) is -0.846. The molecule has 4 heterocycles. The number of hydrogen-bond donors (Lipinski definition) is 1. The second-order valence-corrected chi connectivity index (χ2v) is 9.67. The average Bonchev–Trinajstić information content (AvgIpc) is 2.84. The Bertz CT molecular complexity index is 1430. The zero-order valence-corrected chi connectivity index (χ0v) is 21.2. The van der Waals surface area contributed by atoms with Gasteiger partial charge in [0.05, 0.1) is 17.1 Å². The SMILES string of the molecule is CC(C)c1ccnc(C(C)C)c1-n1c(=O)c(C#N)c(N2CCN(C(=O)O)CC2)c2cc(F)c(Cl)nc21. The number of piperazine rings is 1. The highest BCUT2D eigenvalue weighted by Crippen LogP contribution is 2.35. The maximum Gasteiger partial charge on any atom is 0.407 e. The molecule has 0 unspecified atom stereocenters. The standard InChI is InChI=1S/C25H26ClFN6O3/c1-13(2)15-5-6-29-19(14(3)4)21(15)33-23-16(11-18(27)22(26)30-23)20(17(12-28)24(33)34)31-7-9-32(10-8-31)25(35)36/h5-6,11,13-14H,7-10H2,1-4H3,(H,35,36). The van der Waals surface area contributed by atoms with E-state index in [1.54, 1.807) is 11.1 Å². The van der Waals surface area contributed by atoms with E-state index in [0.29, 0.717) is 11.4 Å². The van der Waals surface area contributed by atoms with Crippen LogP contribution in [0.1, 0.15) is 56.4 Å². The Morgan fingerprint density at radius 1 is 1.17 bits per heavy atom. The third-order valence-electron chi connectivity index (χ3n) is 6.39. The van der Waals surface area contributed by atoms with Gasteiger partial charge in [0.1, 0.15) is 11.6 Å². The number of rotatable bonds is 4. The topological polar surface area (TPSA) is 115 Å². The van der Waals surface area contributed by atoms with Crippen molar-refractivity contribution in [2.45, 2.75) is 39.5 Å². The molecule has 0 bridgehead atoms. The van der Waals surface area contributed by atoms with E-state index in [0.717, 1.165) is 5.56 Å². The van der Waals surface area contributed by atoms with E-state index >= 15 is 0 Å². The number of amides is 1. The number of nitriles is 1. The first-order valence-corrected chi connectivity index (χ1v) is 12.0. The first-order valence-electron chi connectivity index (χ1n) is 11.6. The first-order chi connectivity index (χ1) is 17.1. The van der Waals surface area contributed by atoms with E-state index in [4.69, 9.17) is 11.6 Å². The van der Waals surface area contributed by atoms with Gasteiger partial charge in [0.2, 0.25) is 0 Å². The zero-order chi connectivity index (χ0) is 26.3. The minimum absolute atomic E-state index is 0.00711. The highest BCUT2D eigenvalue weighted by atomic mass is 35.5. The molecule has 36 heavy (non-hydrogen) atoms. The Labute approximate surface area is 212 Å². The number of nitrogens with zero attached hydrogens (tertiary/aromatic N) is 6.